The molecular formula is C12H17BrN2O2. The molecule has 1 aromatic rings. The molecular weight excluding hydrogens is 284 g/mol. The Labute approximate surface area is 110 Å². The predicted molar refractivity (Wildman–Crippen MR) is 72.2 cm³/mol. The van der Waals surface area contributed by atoms with Crippen molar-refractivity contribution in [2.24, 2.45) is 0 Å². The van der Waals surface area contributed by atoms with Crippen molar-refractivity contribution in [3.8, 4) is 5.75 Å². The van der Waals surface area contributed by atoms with Gasteiger partial charge in [-0.1, -0.05) is 19.9 Å². The molecule has 1 aromatic carbocycles. The number of hydrogen-bond donors (Lipinski definition) is 3. The van der Waals surface area contributed by atoms with Gasteiger partial charge in [0, 0.05) is 19.0 Å². The van der Waals surface area contributed by atoms with E-state index in [2.05, 4.69) is 26.6 Å². The van der Waals surface area contributed by atoms with Crippen molar-refractivity contribution in [1.29, 1.82) is 0 Å². The molecule has 0 saturated carbocycles. The minimum absolute atomic E-state index is 0.0534. The van der Waals surface area contributed by atoms with Gasteiger partial charge in [0.05, 0.1) is 10.2 Å². The highest BCUT2D eigenvalue weighted by Crippen LogP contribution is 2.31. The maximum Gasteiger partial charge on any atom is 0.225 e. The molecule has 1 rings (SSSR count). The average Bonchev–Trinajstić information content (AvgIpc) is 2.24. The van der Waals surface area contributed by atoms with Crippen LogP contribution in [0.5, 0.6) is 5.75 Å². The maximum atomic E-state index is 11.6. The molecule has 4 nitrogen and oxygen atoms in total. The smallest absolute Gasteiger partial charge is 0.225 e. The zero-order chi connectivity index (χ0) is 12.8. The van der Waals surface area contributed by atoms with E-state index in [-0.39, 0.29) is 11.7 Å². The van der Waals surface area contributed by atoms with E-state index >= 15 is 0 Å². The van der Waals surface area contributed by atoms with Gasteiger partial charge in [-0.3, -0.25) is 4.79 Å². The normalized spacial score (nSPS) is 10.6. The Morgan fingerprint density at radius 2 is 2.18 bits per heavy atom. The number of phenolic OH excluding ortho intramolecular Hbond substituents is 1. The van der Waals surface area contributed by atoms with E-state index in [0.717, 1.165) is 0 Å². The van der Waals surface area contributed by atoms with Crippen LogP contribution in [0.4, 0.5) is 5.69 Å². The molecule has 94 valence electrons. The Hall–Kier alpha value is -1.07. The summed E-state index contributed by atoms with van der Waals surface area (Å²) >= 11 is 3.19. The number of benzene rings is 1. The number of anilines is 1. The van der Waals surface area contributed by atoms with Crippen molar-refractivity contribution in [2.45, 2.75) is 26.3 Å². The Morgan fingerprint density at radius 3 is 2.82 bits per heavy atom. The number of phenols is 1. The first-order valence-corrected chi connectivity index (χ1v) is 6.30. The van der Waals surface area contributed by atoms with Crippen LogP contribution in [0, 0.1) is 0 Å². The van der Waals surface area contributed by atoms with Crippen LogP contribution in [0.2, 0.25) is 0 Å². The summed E-state index contributed by atoms with van der Waals surface area (Å²) in [5.41, 5.74) is 0.425. The SMILES string of the molecule is CC(C)NCCC(=O)Nc1cccc(Br)c1O. The molecule has 17 heavy (non-hydrogen) atoms. The number of halogens is 1. The molecule has 0 spiro atoms. The predicted octanol–water partition coefficient (Wildman–Crippen LogP) is 2.48. The van der Waals surface area contributed by atoms with Gasteiger partial charge in [0.15, 0.2) is 5.75 Å². The summed E-state index contributed by atoms with van der Waals surface area (Å²) in [5.74, 6) is -0.0655. The molecule has 0 aliphatic rings. The van der Waals surface area contributed by atoms with E-state index in [4.69, 9.17) is 0 Å². The summed E-state index contributed by atoms with van der Waals surface area (Å²) in [6.07, 6.45) is 0.379. The zero-order valence-electron chi connectivity index (χ0n) is 9.96. The third kappa shape index (κ3) is 4.75. The van der Waals surface area contributed by atoms with E-state index in [1.54, 1.807) is 18.2 Å². The number of rotatable bonds is 5. The minimum atomic E-state index is -0.119. The molecule has 0 heterocycles. The fourth-order valence-electron chi connectivity index (χ4n) is 1.30. The second-order valence-electron chi connectivity index (χ2n) is 4.04. The number of amides is 1. The highest BCUT2D eigenvalue weighted by Gasteiger charge is 2.08. The van der Waals surface area contributed by atoms with E-state index in [1.165, 1.54) is 0 Å². The lowest BCUT2D eigenvalue weighted by Crippen LogP contribution is -2.27. The van der Waals surface area contributed by atoms with Crippen LogP contribution in [0.15, 0.2) is 22.7 Å². The van der Waals surface area contributed by atoms with Gasteiger partial charge < -0.3 is 15.7 Å². The molecule has 3 N–H and O–H groups in total. The highest BCUT2D eigenvalue weighted by molar-refractivity contribution is 9.10. The Kier molecular flexibility index (Phi) is 5.44. The molecule has 0 fully saturated rings. The van der Waals surface area contributed by atoms with Crippen molar-refractivity contribution in [3.05, 3.63) is 22.7 Å². The van der Waals surface area contributed by atoms with Crippen molar-refractivity contribution >= 4 is 27.5 Å². The lowest BCUT2D eigenvalue weighted by molar-refractivity contribution is -0.116. The van der Waals surface area contributed by atoms with Gasteiger partial charge in [-0.25, -0.2) is 0 Å². The third-order valence-corrected chi connectivity index (χ3v) is 2.81. The standard InChI is InChI=1S/C12H17BrN2O2/c1-8(2)14-7-6-11(16)15-10-5-3-4-9(13)12(10)17/h3-5,8,14,17H,6-7H2,1-2H3,(H,15,16). The second-order valence-corrected chi connectivity index (χ2v) is 4.90. The molecule has 0 radical (unpaired) electrons. The van der Waals surface area contributed by atoms with E-state index in [1.807, 2.05) is 13.8 Å². The van der Waals surface area contributed by atoms with Gasteiger partial charge in [-0.15, -0.1) is 0 Å². The molecule has 0 aliphatic carbocycles. The van der Waals surface area contributed by atoms with Gasteiger partial charge in [0.1, 0.15) is 0 Å². The number of para-hydroxylation sites is 1. The topological polar surface area (TPSA) is 61.4 Å². The summed E-state index contributed by atoms with van der Waals surface area (Å²) in [6.45, 7) is 4.67. The number of carbonyl (C=O) groups excluding carboxylic acids is 1. The van der Waals surface area contributed by atoms with Crippen molar-refractivity contribution in [2.75, 3.05) is 11.9 Å². The zero-order valence-corrected chi connectivity index (χ0v) is 11.5. The lowest BCUT2D eigenvalue weighted by atomic mass is 10.2. The summed E-state index contributed by atoms with van der Waals surface area (Å²) in [7, 11) is 0. The number of hydrogen-bond acceptors (Lipinski definition) is 3. The molecule has 1 amide bonds. The van der Waals surface area contributed by atoms with Crippen LogP contribution in [0.1, 0.15) is 20.3 Å². The first kappa shape index (κ1) is 14.0. The van der Waals surface area contributed by atoms with Gasteiger partial charge >= 0.3 is 0 Å². The van der Waals surface area contributed by atoms with Gasteiger partial charge in [-0.2, -0.15) is 0 Å². The number of aromatic hydroxyl groups is 1. The minimum Gasteiger partial charge on any atom is -0.505 e. The van der Waals surface area contributed by atoms with Crippen LogP contribution < -0.4 is 10.6 Å². The van der Waals surface area contributed by atoms with Crippen molar-refractivity contribution in [1.82, 2.24) is 5.32 Å². The molecule has 0 aromatic heterocycles. The van der Waals surface area contributed by atoms with Gasteiger partial charge in [0.25, 0.3) is 0 Å². The molecule has 0 saturated heterocycles. The lowest BCUT2D eigenvalue weighted by Gasteiger charge is -2.10. The molecule has 0 bridgehead atoms. The fourth-order valence-corrected chi connectivity index (χ4v) is 1.67. The largest absolute Gasteiger partial charge is 0.505 e. The molecule has 0 unspecified atom stereocenters. The van der Waals surface area contributed by atoms with Crippen LogP contribution >= 0.6 is 15.9 Å². The summed E-state index contributed by atoms with van der Waals surface area (Å²) < 4.78 is 0.565. The van der Waals surface area contributed by atoms with E-state index < -0.39 is 0 Å². The average molecular weight is 301 g/mol. The van der Waals surface area contributed by atoms with Crippen LogP contribution in [-0.4, -0.2) is 23.6 Å². The molecule has 5 heteroatoms. The van der Waals surface area contributed by atoms with Crippen molar-refractivity contribution in [3.63, 3.8) is 0 Å². The van der Waals surface area contributed by atoms with Crippen LogP contribution in [0.25, 0.3) is 0 Å². The summed E-state index contributed by atoms with van der Waals surface area (Å²) in [6, 6.07) is 5.49. The molecule has 0 atom stereocenters. The van der Waals surface area contributed by atoms with Crippen LogP contribution in [-0.2, 0) is 4.79 Å². The Bertz CT molecular complexity index is 394. The quantitative estimate of drug-likeness (QED) is 0.732. The summed E-state index contributed by atoms with van der Waals surface area (Å²) in [5, 5.41) is 15.5. The number of nitrogens with one attached hydrogen (secondary N) is 2. The van der Waals surface area contributed by atoms with E-state index in [0.29, 0.717) is 29.2 Å². The third-order valence-electron chi connectivity index (χ3n) is 2.17. The summed E-state index contributed by atoms with van der Waals surface area (Å²) in [4.78, 5) is 11.6. The first-order valence-electron chi connectivity index (χ1n) is 5.51. The fraction of sp³-hybridized carbons (Fsp3) is 0.417. The van der Waals surface area contributed by atoms with Crippen LogP contribution in [0.3, 0.4) is 0 Å². The Balaban J connectivity index is 2.48. The molecule has 0 aliphatic heterocycles. The first-order chi connectivity index (χ1) is 8.00. The van der Waals surface area contributed by atoms with Gasteiger partial charge in [0.2, 0.25) is 5.91 Å². The highest BCUT2D eigenvalue weighted by atomic mass is 79.9. The van der Waals surface area contributed by atoms with Crippen molar-refractivity contribution < 1.29 is 9.90 Å². The van der Waals surface area contributed by atoms with Gasteiger partial charge in [-0.05, 0) is 28.1 Å². The maximum absolute atomic E-state index is 11.6. The van der Waals surface area contributed by atoms with E-state index in [9.17, 15) is 9.90 Å². The Morgan fingerprint density at radius 1 is 1.47 bits per heavy atom. The monoisotopic (exact) mass is 300 g/mol. The number of carbonyl (C=O) groups is 1. The second kappa shape index (κ2) is 6.61.